The lowest BCUT2D eigenvalue weighted by Gasteiger charge is -2.24. The second-order valence-electron chi connectivity index (χ2n) is 6.07. The molecule has 1 N–H and O–H groups in total. The summed E-state index contributed by atoms with van der Waals surface area (Å²) in [7, 11) is 1.65. The average Bonchev–Trinajstić information content (AvgIpc) is 2.70. The molecule has 138 valence electrons. The van der Waals surface area contributed by atoms with Crippen LogP contribution in [0.3, 0.4) is 0 Å². The quantitative estimate of drug-likeness (QED) is 0.445. The summed E-state index contributed by atoms with van der Waals surface area (Å²) in [6.45, 7) is 2.24. The Morgan fingerprint density at radius 1 is 0.963 bits per heavy atom. The second-order valence-corrected chi connectivity index (χ2v) is 7.17. The molecule has 4 nitrogen and oxygen atoms in total. The maximum Gasteiger partial charge on any atom is 0.159 e. The van der Waals surface area contributed by atoms with Gasteiger partial charge in [0.05, 0.1) is 13.7 Å². The van der Waals surface area contributed by atoms with Crippen LogP contribution in [0.4, 0.5) is 5.69 Å². The number of methoxy groups -OCH3 is 1. The SMILES string of the molecule is COc1ccc(CN(Sc2ccc(O)cc2)c2ccc(C(C)=O)cc2)cc1. The molecule has 0 heterocycles. The fourth-order valence-corrected chi connectivity index (χ4v) is 3.52. The fourth-order valence-electron chi connectivity index (χ4n) is 2.57. The molecule has 0 amide bonds. The number of carbonyl (C=O) groups is 1. The Hall–Kier alpha value is -2.92. The van der Waals surface area contributed by atoms with Crippen LogP contribution in [0.15, 0.2) is 77.7 Å². The molecule has 0 aliphatic carbocycles. The van der Waals surface area contributed by atoms with Crippen LogP contribution in [0.2, 0.25) is 0 Å². The lowest BCUT2D eigenvalue weighted by atomic mass is 10.1. The Bertz CT molecular complexity index is 890. The van der Waals surface area contributed by atoms with Crippen molar-refractivity contribution in [3.63, 3.8) is 0 Å². The van der Waals surface area contributed by atoms with Crippen molar-refractivity contribution < 1.29 is 14.6 Å². The topological polar surface area (TPSA) is 49.8 Å². The molecule has 0 aliphatic heterocycles. The second kappa shape index (κ2) is 8.64. The molecule has 27 heavy (non-hydrogen) atoms. The highest BCUT2D eigenvalue weighted by molar-refractivity contribution is 8.00. The number of Topliss-reactive ketones (excluding diaryl/α,β-unsaturated/α-hetero) is 1. The predicted octanol–water partition coefficient (Wildman–Crippen LogP) is 5.32. The summed E-state index contributed by atoms with van der Waals surface area (Å²) in [6.07, 6.45) is 0. The number of carbonyl (C=O) groups excluding carboxylic acids is 1. The van der Waals surface area contributed by atoms with E-state index in [1.807, 2.05) is 60.7 Å². The molecule has 0 radical (unpaired) electrons. The van der Waals surface area contributed by atoms with Crippen LogP contribution in [0.5, 0.6) is 11.5 Å². The number of nitrogens with zero attached hydrogens (tertiary/aromatic N) is 1. The van der Waals surface area contributed by atoms with Gasteiger partial charge in [0.2, 0.25) is 0 Å². The van der Waals surface area contributed by atoms with Crippen LogP contribution in [-0.2, 0) is 6.54 Å². The highest BCUT2D eigenvalue weighted by atomic mass is 32.2. The molecule has 0 saturated heterocycles. The molecule has 0 aromatic heterocycles. The zero-order valence-electron chi connectivity index (χ0n) is 15.3. The number of hydrogen-bond acceptors (Lipinski definition) is 5. The van der Waals surface area contributed by atoms with Crippen LogP contribution in [0.25, 0.3) is 0 Å². The maximum absolute atomic E-state index is 11.5. The predicted molar refractivity (Wildman–Crippen MR) is 110 cm³/mol. The first-order chi connectivity index (χ1) is 13.0. The Morgan fingerprint density at radius 2 is 1.59 bits per heavy atom. The number of rotatable bonds is 7. The Balaban J connectivity index is 1.86. The summed E-state index contributed by atoms with van der Waals surface area (Å²) < 4.78 is 7.38. The molecule has 0 bridgehead atoms. The summed E-state index contributed by atoms with van der Waals surface area (Å²) in [4.78, 5) is 12.6. The highest BCUT2D eigenvalue weighted by Gasteiger charge is 2.11. The van der Waals surface area contributed by atoms with Gasteiger partial charge >= 0.3 is 0 Å². The van der Waals surface area contributed by atoms with E-state index in [2.05, 4.69) is 4.31 Å². The van der Waals surface area contributed by atoms with Gasteiger partial charge in [-0.25, -0.2) is 0 Å². The zero-order valence-corrected chi connectivity index (χ0v) is 16.1. The van der Waals surface area contributed by atoms with E-state index in [1.165, 1.54) is 0 Å². The zero-order chi connectivity index (χ0) is 19.2. The summed E-state index contributed by atoms with van der Waals surface area (Å²) in [6, 6.07) is 22.7. The van der Waals surface area contributed by atoms with Crippen LogP contribution >= 0.6 is 11.9 Å². The summed E-state index contributed by atoms with van der Waals surface area (Å²) in [5, 5.41) is 9.51. The van der Waals surface area contributed by atoms with Crippen molar-refractivity contribution in [1.82, 2.24) is 0 Å². The minimum Gasteiger partial charge on any atom is -0.508 e. The first-order valence-electron chi connectivity index (χ1n) is 8.53. The van der Waals surface area contributed by atoms with Gasteiger partial charge in [0, 0.05) is 16.1 Å². The fraction of sp³-hybridized carbons (Fsp3) is 0.136. The van der Waals surface area contributed by atoms with E-state index in [1.54, 1.807) is 38.1 Å². The van der Waals surface area contributed by atoms with E-state index >= 15 is 0 Å². The molecule has 0 atom stereocenters. The molecule has 0 unspecified atom stereocenters. The van der Waals surface area contributed by atoms with Gasteiger partial charge < -0.3 is 14.1 Å². The molecular weight excluding hydrogens is 358 g/mol. The van der Waals surface area contributed by atoms with Crippen molar-refractivity contribution in [3.05, 3.63) is 83.9 Å². The molecular formula is C22H21NO3S. The monoisotopic (exact) mass is 379 g/mol. The number of benzene rings is 3. The number of phenolic OH excluding ortho intramolecular Hbond substituents is 1. The van der Waals surface area contributed by atoms with Gasteiger partial charge in [-0.2, -0.15) is 0 Å². The average molecular weight is 379 g/mol. The Kier molecular flexibility index (Phi) is 6.04. The van der Waals surface area contributed by atoms with Gasteiger partial charge in [0.25, 0.3) is 0 Å². The van der Waals surface area contributed by atoms with E-state index in [0.29, 0.717) is 12.1 Å². The first kappa shape index (κ1) is 18.9. The van der Waals surface area contributed by atoms with Crippen LogP contribution < -0.4 is 9.04 Å². The van der Waals surface area contributed by atoms with Crippen LogP contribution in [0, 0.1) is 0 Å². The van der Waals surface area contributed by atoms with Gasteiger partial charge in [-0.15, -0.1) is 0 Å². The Labute approximate surface area is 163 Å². The standard InChI is InChI=1S/C22H21NO3S/c1-16(24)18-5-7-19(8-6-18)23(27-22-13-9-20(25)10-14-22)15-17-3-11-21(26-2)12-4-17/h3-14,25H,15H2,1-2H3. The number of aromatic hydroxyl groups is 1. The van der Waals surface area contributed by atoms with Crippen LogP contribution in [-0.4, -0.2) is 18.0 Å². The molecule has 3 aromatic carbocycles. The molecule has 5 heteroatoms. The number of phenols is 1. The van der Waals surface area contributed by atoms with E-state index in [0.717, 1.165) is 21.9 Å². The van der Waals surface area contributed by atoms with Crippen molar-refractivity contribution in [3.8, 4) is 11.5 Å². The lowest BCUT2D eigenvalue weighted by Crippen LogP contribution is -2.14. The summed E-state index contributed by atoms with van der Waals surface area (Å²) in [5.41, 5.74) is 2.82. The molecule has 0 spiro atoms. The summed E-state index contributed by atoms with van der Waals surface area (Å²) >= 11 is 1.58. The minimum atomic E-state index is 0.0504. The first-order valence-corrected chi connectivity index (χ1v) is 9.31. The third-order valence-corrected chi connectivity index (χ3v) is 5.14. The van der Waals surface area contributed by atoms with Crippen molar-refractivity contribution in [2.45, 2.75) is 18.4 Å². The lowest BCUT2D eigenvalue weighted by molar-refractivity contribution is 0.101. The third kappa shape index (κ3) is 5.05. The van der Waals surface area contributed by atoms with Gasteiger partial charge in [0.1, 0.15) is 11.5 Å². The van der Waals surface area contributed by atoms with Gasteiger partial charge in [-0.3, -0.25) is 4.79 Å². The smallest absolute Gasteiger partial charge is 0.159 e. The van der Waals surface area contributed by atoms with E-state index < -0.39 is 0 Å². The number of anilines is 1. The van der Waals surface area contributed by atoms with E-state index in [4.69, 9.17) is 4.74 Å². The third-order valence-electron chi connectivity index (χ3n) is 4.10. The largest absolute Gasteiger partial charge is 0.508 e. The van der Waals surface area contributed by atoms with Crippen molar-refractivity contribution in [1.29, 1.82) is 0 Å². The molecule has 0 fully saturated rings. The van der Waals surface area contributed by atoms with Crippen molar-refractivity contribution in [2.24, 2.45) is 0 Å². The molecule has 0 saturated carbocycles. The maximum atomic E-state index is 11.5. The van der Waals surface area contributed by atoms with Gasteiger partial charge in [-0.05, 0) is 85.1 Å². The number of ketones is 1. The highest BCUT2D eigenvalue weighted by Crippen LogP contribution is 2.32. The van der Waals surface area contributed by atoms with Gasteiger partial charge in [0.15, 0.2) is 5.78 Å². The molecule has 0 aliphatic rings. The summed E-state index contributed by atoms with van der Waals surface area (Å²) in [5.74, 6) is 1.11. The molecule has 3 rings (SSSR count). The normalized spacial score (nSPS) is 10.4. The van der Waals surface area contributed by atoms with Crippen molar-refractivity contribution in [2.75, 3.05) is 11.4 Å². The molecule has 3 aromatic rings. The Morgan fingerprint density at radius 3 is 2.15 bits per heavy atom. The van der Waals surface area contributed by atoms with Crippen molar-refractivity contribution >= 4 is 23.4 Å². The minimum absolute atomic E-state index is 0.0504. The number of ether oxygens (including phenoxy) is 1. The van der Waals surface area contributed by atoms with E-state index in [9.17, 15) is 9.90 Å². The van der Waals surface area contributed by atoms with Crippen LogP contribution in [0.1, 0.15) is 22.8 Å². The van der Waals surface area contributed by atoms with Gasteiger partial charge in [-0.1, -0.05) is 12.1 Å². The van der Waals surface area contributed by atoms with E-state index in [-0.39, 0.29) is 11.5 Å². The number of hydrogen-bond donors (Lipinski definition) is 1.